The minimum absolute atomic E-state index is 0.0787. The zero-order valence-corrected chi connectivity index (χ0v) is 63.1. The first kappa shape index (κ1) is 93.0. The van der Waals surface area contributed by atoms with Gasteiger partial charge in [-0.3, -0.25) is 37.3 Å². The molecule has 0 fully saturated rings. The lowest BCUT2D eigenvalue weighted by atomic mass is 10.0. The van der Waals surface area contributed by atoms with Gasteiger partial charge in [-0.1, -0.05) is 307 Å². The van der Waals surface area contributed by atoms with E-state index >= 15 is 0 Å². The van der Waals surface area contributed by atoms with Crippen LogP contribution in [0.3, 0.4) is 0 Å². The lowest BCUT2D eigenvalue weighted by Crippen LogP contribution is -2.30. The van der Waals surface area contributed by atoms with Gasteiger partial charge in [-0.15, -0.1) is 0 Å². The molecule has 0 amide bonds. The molecule has 3 N–H and O–H groups in total. The maximum Gasteiger partial charge on any atom is 0.472 e. The summed E-state index contributed by atoms with van der Waals surface area (Å²) >= 11 is 0. The second-order valence-electron chi connectivity index (χ2n) is 26.4. The van der Waals surface area contributed by atoms with Gasteiger partial charge in [0.05, 0.1) is 26.4 Å². The molecule has 0 aromatic heterocycles. The third-order valence-corrected chi connectivity index (χ3v) is 18.8. The zero-order valence-electron chi connectivity index (χ0n) is 61.3. The Balaban J connectivity index is 5.33. The fourth-order valence-corrected chi connectivity index (χ4v) is 12.4. The van der Waals surface area contributed by atoms with Crippen LogP contribution in [0.1, 0.15) is 362 Å². The highest BCUT2D eigenvalue weighted by molar-refractivity contribution is 7.47. The average Bonchev–Trinajstić information content (AvgIpc) is 1.36. The Bertz CT molecular complexity index is 2010. The van der Waals surface area contributed by atoms with Gasteiger partial charge in [-0.25, -0.2) is 9.13 Å². The van der Waals surface area contributed by atoms with Gasteiger partial charge in [-0.05, 0) is 77.0 Å². The molecule has 0 aliphatic carbocycles. The van der Waals surface area contributed by atoms with Crippen LogP contribution >= 0.6 is 15.6 Å². The highest BCUT2D eigenvalue weighted by atomic mass is 31.2. The highest BCUT2D eigenvalue weighted by Crippen LogP contribution is 2.45. The Kier molecular flexibility index (Phi) is 68.3. The van der Waals surface area contributed by atoms with Crippen LogP contribution < -0.4 is 0 Å². The zero-order chi connectivity index (χ0) is 70.4. The Morgan fingerprint density at radius 2 is 0.500 bits per heavy atom. The van der Waals surface area contributed by atoms with E-state index in [4.69, 9.17) is 37.0 Å². The molecule has 0 aliphatic heterocycles. The number of ether oxygens (including phenoxy) is 4. The first-order valence-corrected chi connectivity index (χ1v) is 41.9. The number of phosphoric acid groups is 2. The summed E-state index contributed by atoms with van der Waals surface area (Å²) in [6, 6.07) is 0. The Morgan fingerprint density at radius 1 is 0.292 bits per heavy atom. The molecule has 5 atom stereocenters. The summed E-state index contributed by atoms with van der Waals surface area (Å²) in [6.45, 7) is 4.87. The standard InChI is InChI=1S/C77H142O17P2/c1-5-9-13-17-21-25-29-33-35-39-42-46-50-54-58-62-75(80)88-68-73(94-77(82)64-60-56-52-48-44-40-36-34-30-26-22-18-14-10-6-2)70-92-96(85,86)90-66-71(78)65-89-95(83,84)91-69-72(93-76(81)63-59-55-51-47-43-38-32-28-24-20-16-12-8-4)67-87-74(79)61-57-53-49-45-41-37-31-27-23-19-15-11-7-3/h25-26,29-30,33-36,71-73,78H,5-24,27-28,31-32,37-70H2,1-4H3,(H,83,84)(H,85,86)/b29-25-,30-26-,35-33-,36-34-/t71-,72-,73-/m1/s1. The van der Waals surface area contributed by atoms with Gasteiger partial charge >= 0.3 is 39.5 Å². The van der Waals surface area contributed by atoms with E-state index < -0.39 is 97.5 Å². The number of carbonyl (C=O) groups is 4. The number of carbonyl (C=O) groups excluding carboxylic acids is 4. The van der Waals surface area contributed by atoms with Crippen LogP contribution in [0.2, 0.25) is 0 Å². The fourth-order valence-electron chi connectivity index (χ4n) is 10.9. The molecule has 0 saturated carbocycles. The van der Waals surface area contributed by atoms with Gasteiger partial charge < -0.3 is 33.8 Å². The number of hydrogen-bond donors (Lipinski definition) is 3. The van der Waals surface area contributed by atoms with Crippen LogP contribution in [0.25, 0.3) is 0 Å². The SMILES string of the molecule is CCCCCC/C=C\C=C/CCCCCCCC(=O)OC[C@H](COP(=O)(O)OC[C@H](O)COP(=O)(O)OC[C@@H](COC(=O)CCCCCCCCCCCCCCC)OC(=O)CCCCCCCCCCCCCCC)OC(=O)CCCCCCC/C=C\C=C/CCCCCC. The minimum Gasteiger partial charge on any atom is -0.462 e. The van der Waals surface area contributed by atoms with Crippen molar-refractivity contribution in [3.63, 3.8) is 0 Å². The maximum atomic E-state index is 13.1. The Labute approximate surface area is 585 Å². The molecule has 17 nitrogen and oxygen atoms in total. The third kappa shape index (κ3) is 69.5. The summed E-state index contributed by atoms with van der Waals surface area (Å²) in [5.41, 5.74) is 0. The van der Waals surface area contributed by atoms with Crippen molar-refractivity contribution in [3.05, 3.63) is 48.6 Å². The third-order valence-electron chi connectivity index (χ3n) is 16.9. The first-order valence-electron chi connectivity index (χ1n) is 38.9. The van der Waals surface area contributed by atoms with Gasteiger partial charge in [0.25, 0.3) is 0 Å². The molecular formula is C77H142O17P2. The molecule has 0 aromatic rings. The first-order chi connectivity index (χ1) is 46.7. The van der Waals surface area contributed by atoms with Crippen molar-refractivity contribution in [2.75, 3.05) is 39.6 Å². The number of esters is 4. The van der Waals surface area contributed by atoms with Crippen molar-refractivity contribution in [3.8, 4) is 0 Å². The summed E-state index contributed by atoms with van der Waals surface area (Å²) in [7, 11) is -9.94. The smallest absolute Gasteiger partial charge is 0.462 e. The maximum absolute atomic E-state index is 13.1. The summed E-state index contributed by atoms with van der Waals surface area (Å²) in [4.78, 5) is 72.8. The normalized spacial score (nSPS) is 14.2. The van der Waals surface area contributed by atoms with E-state index in [0.717, 1.165) is 122 Å². The quantitative estimate of drug-likeness (QED) is 0.0169. The molecule has 2 unspecified atom stereocenters. The van der Waals surface area contributed by atoms with Crippen LogP contribution in [0.5, 0.6) is 0 Å². The number of phosphoric ester groups is 2. The summed E-state index contributed by atoms with van der Waals surface area (Å²) in [6.07, 6.45) is 66.6. The van der Waals surface area contributed by atoms with Crippen molar-refractivity contribution in [2.45, 2.75) is 380 Å². The lowest BCUT2D eigenvalue weighted by Gasteiger charge is -2.21. The van der Waals surface area contributed by atoms with Gasteiger partial charge in [-0.2, -0.15) is 0 Å². The molecular weight excluding hydrogens is 1260 g/mol. The molecule has 0 rings (SSSR count). The molecule has 0 bridgehead atoms. The molecule has 0 aromatic carbocycles. The van der Waals surface area contributed by atoms with Crippen molar-refractivity contribution in [1.29, 1.82) is 0 Å². The van der Waals surface area contributed by atoms with Gasteiger partial charge in [0.15, 0.2) is 12.2 Å². The van der Waals surface area contributed by atoms with E-state index in [1.807, 2.05) is 0 Å². The molecule has 0 spiro atoms. The van der Waals surface area contributed by atoms with Crippen molar-refractivity contribution >= 4 is 39.5 Å². The molecule has 0 saturated heterocycles. The summed E-state index contributed by atoms with van der Waals surface area (Å²) < 4.78 is 68.5. The van der Waals surface area contributed by atoms with E-state index in [0.29, 0.717) is 25.7 Å². The van der Waals surface area contributed by atoms with E-state index in [1.54, 1.807) is 0 Å². The number of aliphatic hydroxyl groups is 1. The second kappa shape index (κ2) is 70.5. The van der Waals surface area contributed by atoms with Crippen LogP contribution in [0.4, 0.5) is 0 Å². The monoisotopic (exact) mass is 1400 g/mol. The molecule has 19 heteroatoms. The number of unbranched alkanes of at least 4 members (excludes halogenated alkanes) is 42. The second-order valence-corrected chi connectivity index (χ2v) is 29.3. The molecule has 0 heterocycles. The van der Waals surface area contributed by atoms with E-state index in [1.165, 1.54) is 161 Å². The van der Waals surface area contributed by atoms with Crippen LogP contribution in [0, 0.1) is 0 Å². The van der Waals surface area contributed by atoms with Crippen molar-refractivity contribution in [1.82, 2.24) is 0 Å². The van der Waals surface area contributed by atoms with Crippen LogP contribution in [-0.4, -0.2) is 96.7 Å². The Morgan fingerprint density at radius 3 is 0.760 bits per heavy atom. The van der Waals surface area contributed by atoms with E-state index in [9.17, 15) is 43.2 Å². The fraction of sp³-hybridized carbons (Fsp3) is 0.844. The highest BCUT2D eigenvalue weighted by Gasteiger charge is 2.30. The topological polar surface area (TPSA) is 237 Å². The Hall–Kier alpha value is -2.98. The minimum atomic E-state index is -4.97. The summed E-state index contributed by atoms with van der Waals surface area (Å²) in [5, 5.41) is 10.6. The van der Waals surface area contributed by atoms with Gasteiger partial charge in [0.1, 0.15) is 19.3 Å². The van der Waals surface area contributed by atoms with Gasteiger partial charge in [0, 0.05) is 25.7 Å². The van der Waals surface area contributed by atoms with Crippen molar-refractivity contribution < 1.29 is 80.2 Å². The van der Waals surface area contributed by atoms with E-state index in [2.05, 4.69) is 76.3 Å². The van der Waals surface area contributed by atoms with Crippen LogP contribution in [-0.2, 0) is 65.4 Å². The molecule has 0 radical (unpaired) electrons. The predicted molar refractivity (Wildman–Crippen MR) is 390 cm³/mol. The number of allylic oxidation sites excluding steroid dienone is 8. The number of hydrogen-bond acceptors (Lipinski definition) is 15. The van der Waals surface area contributed by atoms with Crippen molar-refractivity contribution in [2.24, 2.45) is 0 Å². The van der Waals surface area contributed by atoms with Crippen LogP contribution in [0.15, 0.2) is 48.6 Å². The largest absolute Gasteiger partial charge is 0.472 e. The summed E-state index contributed by atoms with van der Waals surface area (Å²) in [5.74, 6) is -2.17. The lowest BCUT2D eigenvalue weighted by molar-refractivity contribution is -0.161. The number of aliphatic hydroxyl groups excluding tert-OH is 1. The van der Waals surface area contributed by atoms with Gasteiger partial charge in [0.2, 0.25) is 0 Å². The molecule has 96 heavy (non-hydrogen) atoms. The predicted octanol–water partition coefficient (Wildman–Crippen LogP) is 22.1. The number of rotatable bonds is 74. The van der Waals surface area contributed by atoms with E-state index in [-0.39, 0.29) is 25.7 Å². The average molecular weight is 1400 g/mol. The molecule has 562 valence electrons. The molecule has 0 aliphatic rings.